The molecule has 22 nitrogen and oxygen atoms in total. The van der Waals surface area contributed by atoms with Crippen LogP contribution in [-0.4, -0.2) is 125 Å². The van der Waals surface area contributed by atoms with Crippen LogP contribution in [0.2, 0.25) is 0 Å². The van der Waals surface area contributed by atoms with Gasteiger partial charge < -0.3 is 48.7 Å². The van der Waals surface area contributed by atoms with E-state index in [-0.39, 0.29) is 43.8 Å². The highest BCUT2D eigenvalue weighted by Crippen LogP contribution is 2.24. The number of phenolic OH excluding ortho intramolecular Hbond substituents is 1. The number of aromatic hydroxyl groups is 1. The maximum absolute atomic E-state index is 14.1. The quantitative estimate of drug-likeness (QED) is 0.0704. The van der Waals surface area contributed by atoms with Crippen LogP contribution in [0, 0.1) is 29.6 Å². The molecule has 1 aromatic carbocycles. The zero-order valence-corrected chi connectivity index (χ0v) is 40.5. The van der Waals surface area contributed by atoms with E-state index in [0.717, 1.165) is 0 Å². The van der Waals surface area contributed by atoms with Gasteiger partial charge in [-0.05, 0) is 55.2 Å². The van der Waals surface area contributed by atoms with Crippen molar-refractivity contribution >= 4 is 74.3 Å². The third kappa shape index (κ3) is 21.4. The summed E-state index contributed by atoms with van der Waals surface area (Å²) in [6, 6.07) is -0.0134. The minimum atomic E-state index is -4.27. The lowest BCUT2D eigenvalue weighted by atomic mass is 9.84. The van der Waals surface area contributed by atoms with Gasteiger partial charge in [0, 0.05) is 57.3 Å². The monoisotopic (exact) mass is 991 g/mol. The van der Waals surface area contributed by atoms with Crippen LogP contribution in [-0.2, 0) is 69.0 Å². The van der Waals surface area contributed by atoms with Crippen LogP contribution in [0.15, 0.2) is 24.3 Å². The van der Waals surface area contributed by atoms with Gasteiger partial charge in [-0.1, -0.05) is 46.2 Å². The van der Waals surface area contributed by atoms with Gasteiger partial charge in [-0.25, -0.2) is 8.42 Å². The van der Waals surface area contributed by atoms with E-state index in [4.69, 9.17) is 17.2 Å². The highest BCUT2D eigenvalue weighted by atomic mass is 32.2. The number of aliphatic hydroxyl groups is 1. The summed E-state index contributed by atoms with van der Waals surface area (Å²) in [5.74, 6) is -16.2. The number of aliphatic hydroxyl groups excluding tert-OH is 1. The van der Waals surface area contributed by atoms with E-state index < -0.39 is 185 Å². The van der Waals surface area contributed by atoms with Crippen molar-refractivity contribution in [3.63, 3.8) is 0 Å². The smallest absolute Gasteiger partial charge is 0.226 e. The molecule has 8 atom stereocenters. The molecule has 0 bridgehead atoms. The number of hydrogen-bond acceptors (Lipinski definition) is 15. The predicted octanol–water partition coefficient (Wildman–Crippen LogP) is -1.13. The second-order valence-corrected chi connectivity index (χ2v) is 20.5. The minimum absolute atomic E-state index is 0.0780. The minimum Gasteiger partial charge on any atom is -0.508 e. The van der Waals surface area contributed by atoms with Crippen molar-refractivity contribution in [1.29, 1.82) is 0 Å². The van der Waals surface area contributed by atoms with E-state index in [1.54, 1.807) is 27.7 Å². The molecule has 1 aliphatic rings. The number of Topliss-reactive ketones (excluding diaryl/α,β-unsaturated/α-hetero) is 4. The zero-order valence-electron chi connectivity index (χ0n) is 39.7. The van der Waals surface area contributed by atoms with E-state index in [9.17, 15) is 71.4 Å². The van der Waals surface area contributed by atoms with Crippen LogP contribution in [0.5, 0.6) is 5.75 Å². The van der Waals surface area contributed by atoms with Crippen molar-refractivity contribution < 1.29 is 71.4 Å². The van der Waals surface area contributed by atoms with Crippen LogP contribution in [0.3, 0.4) is 0 Å². The maximum atomic E-state index is 14.1. The summed E-state index contributed by atoms with van der Waals surface area (Å²) in [6.45, 7) is 5.98. The Labute approximate surface area is 401 Å². The van der Waals surface area contributed by atoms with Crippen molar-refractivity contribution in [3.8, 4) is 5.75 Å². The topological polar surface area (TPSA) is 389 Å². The lowest BCUT2D eigenvalue weighted by Crippen LogP contribution is -2.50. The molecule has 0 aliphatic carbocycles. The molecule has 1 heterocycles. The number of carbonyl (C=O) groups is 11. The number of sulfone groups is 1. The molecule has 0 radical (unpaired) electrons. The molecule has 0 saturated carbocycles. The molecular weight excluding hydrogens is 923 g/mol. The molecule has 7 amide bonds. The molecule has 1 fully saturated rings. The standard InChI is InChI=1S/C46H69N7O15S/c1-5-26(4)31-23-39(59)35(19-27-6-8-30(55)9-7-27)50-43(63)15-17-69(67,68)16-14-33(38(58)21-29(24-54)45(65)53-34(18-25(2)3)36(56)11-13-41(48)61)51-44(64)28(22-42(49)62)20-37(57)32(52-46(31)66)10-12-40(47)60/h6-9,25-26,28-29,31-35,54-55H,5,10-24H2,1-4H3,(H2,47,60)(H2,48,61)(H2,49,62)(H,50,63)(H,51,64)(H,52,66)(H,53,65)/t26-,28-,29-,31-,32-,33-,34-,35-/m0/s1. The number of rotatable bonds is 21. The van der Waals surface area contributed by atoms with Crippen LogP contribution >= 0.6 is 0 Å². The van der Waals surface area contributed by atoms with Crippen LogP contribution < -0.4 is 38.5 Å². The lowest BCUT2D eigenvalue weighted by Gasteiger charge is -2.28. The van der Waals surface area contributed by atoms with Crippen molar-refractivity contribution in [2.24, 2.45) is 46.8 Å². The molecule has 23 heteroatoms. The Bertz CT molecular complexity index is 2150. The normalized spacial score (nSPS) is 22.5. The van der Waals surface area contributed by atoms with Crippen molar-refractivity contribution in [3.05, 3.63) is 29.8 Å². The predicted molar refractivity (Wildman–Crippen MR) is 248 cm³/mol. The molecule has 69 heavy (non-hydrogen) atoms. The third-order valence-electron chi connectivity index (χ3n) is 12.0. The molecule has 1 aromatic rings. The van der Waals surface area contributed by atoms with Gasteiger partial charge in [0.05, 0.1) is 54.1 Å². The van der Waals surface area contributed by atoms with Gasteiger partial charge in [-0.2, -0.15) is 0 Å². The van der Waals surface area contributed by atoms with E-state index in [1.165, 1.54) is 24.3 Å². The largest absolute Gasteiger partial charge is 0.508 e. The van der Waals surface area contributed by atoms with Crippen molar-refractivity contribution in [1.82, 2.24) is 21.3 Å². The van der Waals surface area contributed by atoms with Gasteiger partial charge >= 0.3 is 0 Å². The first-order chi connectivity index (χ1) is 32.2. The number of primary amides is 3. The van der Waals surface area contributed by atoms with E-state index >= 15 is 0 Å². The van der Waals surface area contributed by atoms with E-state index in [2.05, 4.69) is 21.3 Å². The maximum Gasteiger partial charge on any atom is 0.226 e. The number of carbonyl (C=O) groups excluding carboxylic acids is 11. The molecule has 1 aliphatic heterocycles. The SMILES string of the molecule is CC[C@H](C)[C@@H]1CC(=O)[C@H](Cc2ccc(O)cc2)NC(=O)CCS(=O)(=O)CC[C@@H](C(=O)C[C@@H](CO)C(=O)N[C@@H](CC(C)C)C(=O)CCC(N)=O)NC(=O)[C@H](CC(N)=O)CC(=O)[C@H](CCC(N)=O)NC1=O. The summed E-state index contributed by atoms with van der Waals surface area (Å²) in [7, 11) is -4.27. The summed E-state index contributed by atoms with van der Waals surface area (Å²) in [5, 5.41) is 30.1. The van der Waals surface area contributed by atoms with Crippen LogP contribution in [0.4, 0.5) is 0 Å². The summed E-state index contributed by atoms with van der Waals surface area (Å²) in [6.07, 6.45) is -5.30. The number of nitrogens with one attached hydrogen (secondary N) is 4. The van der Waals surface area contributed by atoms with Gasteiger partial charge in [-0.15, -0.1) is 0 Å². The number of amides is 7. The number of nitrogens with two attached hydrogens (primary N) is 3. The van der Waals surface area contributed by atoms with Crippen molar-refractivity contribution in [2.45, 2.75) is 135 Å². The molecule has 0 spiro atoms. The highest BCUT2D eigenvalue weighted by Gasteiger charge is 2.37. The first-order valence-corrected chi connectivity index (χ1v) is 24.8. The van der Waals surface area contributed by atoms with Crippen LogP contribution in [0.1, 0.15) is 110 Å². The first-order valence-electron chi connectivity index (χ1n) is 23.0. The molecule has 0 aromatic heterocycles. The fraction of sp³-hybridized carbons (Fsp3) is 0.630. The van der Waals surface area contributed by atoms with E-state index in [0.29, 0.717) is 12.0 Å². The number of ketones is 4. The Morgan fingerprint density at radius 1 is 0.797 bits per heavy atom. The Kier molecular flexibility index (Phi) is 24.3. The summed E-state index contributed by atoms with van der Waals surface area (Å²) < 4.78 is 27.0. The number of benzene rings is 1. The molecule has 2 rings (SSSR count). The summed E-state index contributed by atoms with van der Waals surface area (Å²) in [4.78, 5) is 146. The molecule has 1 saturated heterocycles. The average Bonchev–Trinajstić information content (AvgIpc) is 3.27. The number of hydrogen-bond donors (Lipinski definition) is 9. The second kappa shape index (κ2) is 28.4. The fourth-order valence-electron chi connectivity index (χ4n) is 7.67. The van der Waals surface area contributed by atoms with Gasteiger partial charge in [0.25, 0.3) is 0 Å². The average molecular weight is 992 g/mol. The molecule has 0 unspecified atom stereocenters. The van der Waals surface area contributed by atoms with Gasteiger partial charge in [0.1, 0.15) is 5.75 Å². The lowest BCUT2D eigenvalue weighted by molar-refractivity contribution is -0.137. The summed E-state index contributed by atoms with van der Waals surface area (Å²) in [5.41, 5.74) is 16.5. The van der Waals surface area contributed by atoms with Gasteiger partial charge in [0.15, 0.2) is 33.0 Å². The Balaban J connectivity index is 2.66. The van der Waals surface area contributed by atoms with Gasteiger partial charge in [-0.3, -0.25) is 52.7 Å². The van der Waals surface area contributed by atoms with Gasteiger partial charge in [0.2, 0.25) is 41.4 Å². The second-order valence-electron chi connectivity index (χ2n) is 18.2. The van der Waals surface area contributed by atoms with Crippen LogP contribution in [0.25, 0.3) is 0 Å². The molecule has 12 N–H and O–H groups in total. The fourth-order valence-corrected chi connectivity index (χ4v) is 8.96. The first kappa shape index (κ1) is 59.0. The van der Waals surface area contributed by atoms with Crippen molar-refractivity contribution in [2.75, 3.05) is 18.1 Å². The molecular formula is C46H69N7O15S. The Morgan fingerprint density at radius 2 is 1.42 bits per heavy atom. The zero-order chi connectivity index (χ0) is 52.2. The third-order valence-corrected chi connectivity index (χ3v) is 13.7. The number of phenols is 1. The molecule has 384 valence electrons. The highest BCUT2D eigenvalue weighted by molar-refractivity contribution is 7.91. The Hall–Kier alpha value is -6.10. The summed E-state index contributed by atoms with van der Waals surface area (Å²) >= 11 is 0. The Morgan fingerprint density at radius 3 is 1.99 bits per heavy atom. The van der Waals surface area contributed by atoms with E-state index in [1.807, 2.05) is 0 Å².